The van der Waals surface area contributed by atoms with Gasteiger partial charge in [-0.05, 0) is 26.2 Å². The van der Waals surface area contributed by atoms with Gasteiger partial charge in [-0.1, -0.05) is 12.2 Å². The fourth-order valence-electron chi connectivity index (χ4n) is 0.942. The number of carboxylic acid groups (broad SMARTS) is 1. The van der Waals surface area contributed by atoms with Gasteiger partial charge in [0.15, 0.2) is 0 Å². The van der Waals surface area contributed by atoms with Gasteiger partial charge in [0.1, 0.15) is 0 Å². The first-order chi connectivity index (χ1) is 5.66. The van der Waals surface area contributed by atoms with Gasteiger partial charge in [-0.15, -0.1) is 0 Å². The molecule has 0 aromatic carbocycles. The van der Waals surface area contributed by atoms with Crippen LogP contribution in [0.15, 0.2) is 12.2 Å². The van der Waals surface area contributed by atoms with Crippen LogP contribution in [0.2, 0.25) is 0 Å². The number of carboxylic acids is 1. The van der Waals surface area contributed by atoms with E-state index in [-0.39, 0.29) is 6.42 Å². The predicted octanol–water partition coefficient (Wildman–Crippen LogP) is 1.57. The van der Waals surface area contributed by atoms with E-state index in [2.05, 4.69) is 0 Å². The average molecular weight is 172 g/mol. The molecule has 0 radical (unpaired) electrons. The fraction of sp³-hybridized carbons (Fsp3) is 0.667. The van der Waals surface area contributed by atoms with E-state index in [1.54, 1.807) is 0 Å². The number of aliphatic hydroxyl groups excluding tert-OH is 1. The first-order valence-corrected chi connectivity index (χ1v) is 4.17. The molecule has 0 saturated heterocycles. The molecule has 0 spiro atoms. The lowest BCUT2D eigenvalue weighted by Gasteiger charge is -2.05. The first kappa shape index (κ1) is 11.2. The molecule has 0 bridgehead atoms. The quantitative estimate of drug-likeness (QED) is 0.472. The van der Waals surface area contributed by atoms with Crippen molar-refractivity contribution in [3.63, 3.8) is 0 Å². The second kappa shape index (κ2) is 6.85. The van der Waals surface area contributed by atoms with Crippen LogP contribution in [-0.4, -0.2) is 22.3 Å². The topological polar surface area (TPSA) is 57.5 Å². The van der Waals surface area contributed by atoms with Crippen molar-refractivity contribution >= 4 is 5.97 Å². The van der Waals surface area contributed by atoms with Gasteiger partial charge in [0.25, 0.3) is 0 Å². The van der Waals surface area contributed by atoms with E-state index in [1.807, 2.05) is 19.1 Å². The monoisotopic (exact) mass is 172 g/mol. The van der Waals surface area contributed by atoms with Gasteiger partial charge in [0.2, 0.25) is 0 Å². The summed E-state index contributed by atoms with van der Waals surface area (Å²) in [6.45, 7) is 1.94. The minimum Gasteiger partial charge on any atom is -0.481 e. The van der Waals surface area contributed by atoms with E-state index in [4.69, 9.17) is 10.2 Å². The zero-order chi connectivity index (χ0) is 9.40. The lowest BCUT2D eigenvalue weighted by Crippen LogP contribution is -2.12. The van der Waals surface area contributed by atoms with Crippen LogP contribution in [-0.2, 0) is 4.79 Å². The second-order valence-electron chi connectivity index (χ2n) is 2.75. The second-order valence-corrected chi connectivity index (χ2v) is 2.75. The third-order valence-electron chi connectivity index (χ3n) is 1.55. The van der Waals surface area contributed by atoms with Crippen LogP contribution in [0, 0.1) is 0 Å². The SMILES string of the molecule is CC=CCCCC(O)CC(=O)O. The summed E-state index contributed by atoms with van der Waals surface area (Å²) in [7, 11) is 0. The maximum atomic E-state index is 10.1. The molecule has 2 N–H and O–H groups in total. The normalized spacial score (nSPS) is 13.5. The molecule has 0 rings (SSSR count). The molecule has 1 unspecified atom stereocenters. The molecule has 0 aliphatic carbocycles. The number of hydrogen-bond acceptors (Lipinski definition) is 2. The van der Waals surface area contributed by atoms with Gasteiger partial charge in [0.05, 0.1) is 12.5 Å². The number of aliphatic hydroxyl groups is 1. The van der Waals surface area contributed by atoms with Crippen LogP contribution in [0.25, 0.3) is 0 Å². The third kappa shape index (κ3) is 7.28. The Kier molecular flexibility index (Phi) is 6.38. The van der Waals surface area contributed by atoms with Crippen LogP contribution in [0.1, 0.15) is 32.6 Å². The van der Waals surface area contributed by atoms with Crippen LogP contribution in [0.3, 0.4) is 0 Å². The highest BCUT2D eigenvalue weighted by molar-refractivity contribution is 5.67. The summed E-state index contributed by atoms with van der Waals surface area (Å²) in [6.07, 6.45) is 5.45. The molecule has 3 nitrogen and oxygen atoms in total. The van der Waals surface area contributed by atoms with Crippen molar-refractivity contribution in [1.82, 2.24) is 0 Å². The molecule has 12 heavy (non-hydrogen) atoms. The third-order valence-corrected chi connectivity index (χ3v) is 1.55. The van der Waals surface area contributed by atoms with Crippen LogP contribution in [0.4, 0.5) is 0 Å². The summed E-state index contributed by atoms with van der Waals surface area (Å²) in [5, 5.41) is 17.4. The van der Waals surface area contributed by atoms with E-state index < -0.39 is 12.1 Å². The van der Waals surface area contributed by atoms with Crippen molar-refractivity contribution in [2.24, 2.45) is 0 Å². The zero-order valence-corrected chi connectivity index (χ0v) is 7.36. The Morgan fingerprint density at radius 3 is 2.75 bits per heavy atom. The molecular weight excluding hydrogens is 156 g/mol. The molecule has 0 aromatic rings. The summed E-state index contributed by atoms with van der Waals surface area (Å²) < 4.78 is 0. The summed E-state index contributed by atoms with van der Waals surface area (Å²) in [6, 6.07) is 0. The molecule has 0 fully saturated rings. The molecule has 1 atom stereocenters. The van der Waals surface area contributed by atoms with Gasteiger partial charge in [-0.3, -0.25) is 4.79 Å². The first-order valence-electron chi connectivity index (χ1n) is 4.17. The Balaban J connectivity index is 3.31. The summed E-state index contributed by atoms with van der Waals surface area (Å²) in [5.41, 5.74) is 0. The van der Waals surface area contributed by atoms with Crippen molar-refractivity contribution in [3.05, 3.63) is 12.2 Å². The van der Waals surface area contributed by atoms with Crippen molar-refractivity contribution in [2.45, 2.75) is 38.7 Å². The Bertz CT molecular complexity index is 152. The van der Waals surface area contributed by atoms with Crippen LogP contribution in [0.5, 0.6) is 0 Å². The summed E-state index contributed by atoms with van der Waals surface area (Å²) in [4.78, 5) is 10.1. The van der Waals surface area contributed by atoms with E-state index in [1.165, 1.54) is 0 Å². The maximum Gasteiger partial charge on any atom is 0.305 e. The van der Waals surface area contributed by atoms with Crippen molar-refractivity contribution in [2.75, 3.05) is 0 Å². The van der Waals surface area contributed by atoms with E-state index in [0.717, 1.165) is 12.8 Å². The maximum absolute atomic E-state index is 10.1. The molecule has 70 valence electrons. The number of unbranched alkanes of at least 4 members (excludes halogenated alkanes) is 1. The smallest absolute Gasteiger partial charge is 0.305 e. The van der Waals surface area contributed by atoms with Crippen molar-refractivity contribution in [3.8, 4) is 0 Å². The summed E-state index contributed by atoms with van der Waals surface area (Å²) >= 11 is 0. The number of allylic oxidation sites excluding steroid dienone is 2. The summed E-state index contributed by atoms with van der Waals surface area (Å²) in [5.74, 6) is -0.937. The minimum atomic E-state index is -0.937. The van der Waals surface area contributed by atoms with Gasteiger partial charge in [0, 0.05) is 0 Å². The fourth-order valence-corrected chi connectivity index (χ4v) is 0.942. The van der Waals surface area contributed by atoms with E-state index in [9.17, 15) is 4.79 Å². The van der Waals surface area contributed by atoms with E-state index in [0.29, 0.717) is 6.42 Å². The van der Waals surface area contributed by atoms with Gasteiger partial charge in [-0.2, -0.15) is 0 Å². The number of hydrogen-bond donors (Lipinski definition) is 2. The standard InChI is InChI=1S/C9H16O3/c1-2-3-4-5-6-8(10)7-9(11)12/h2-3,8,10H,4-7H2,1H3,(H,11,12). The molecular formula is C9H16O3. The lowest BCUT2D eigenvalue weighted by atomic mass is 10.1. The van der Waals surface area contributed by atoms with Gasteiger partial charge >= 0.3 is 5.97 Å². The van der Waals surface area contributed by atoms with Gasteiger partial charge < -0.3 is 10.2 Å². The molecule has 0 aliphatic heterocycles. The molecule has 0 aliphatic rings. The molecule has 3 heteroatoms. The predicted molar refractivity (Wildman–Crippen MR) is 46.9 cm³/mol. The Labute approximate surface area is 72.7 Å². The largest absolute Gasteiger partial charge is 0.481 e. The average Bonchev–Trinajstić information content (AvgIpc) is 1.97. The van der Waals surface area contributed by atoms with Crippen molar-refractivity contribution < 1.29 is 15.0 Å². The molecule has 0 amide bonds. The minimum absolute atomic E-state index is 0.143. The molecule has 0 aromatic heterocycles. The highest BCUT2D eigenvalue weighted by atomic mass is 16.4. The Morgan fingerprint density at radius 2 is 2.25 bits per heavy atom. The van der Waals surface area contributed by atoms with E-state index >= 15 is 0 Å². The molecule has 0 heterocycles. The Hall–Kier alpha value is -0.830. The lowest BCUT2D eigenvalue weighted by molar-refractivity contribution is -0.139. The van der Waals surface area contributed by atoms with Gasteiger partial charge in [-0.25, -0.2) is 0 Å². The number of carbonyl (C=O) groups is 1. The highest BCUT2D eigenvalue weighted by Crippen LogP contribution is 2.04. The number of aliphatic carboxylic acids is 1. The van der Waals surface area contributed by atoms with Crippen LogP contribution < -0.4 is 0 Å². The van der Waals surface area contributed by atoms with Crippen molar-refractivity contribution in [1.29, 1.82) is 0 Å². The highest BCUT2D eigenvalue weighted by Gasteiger charge is 2.07. The van der Waals surface area contributed by atoms with Crippen LogP contribution >= 0.6 is 0 Å². The Morgan fingerprint density at radius 1 is 1.58 bits per heavy atom. The zero-order valence-electron chi connectivity index (χ0n) is 7.36. The number of rotatable bonds is 6. The molecule has 0 saturated carbocycles.